The van der Waals surface area contributed by atoms with Crippen molar-refractivity contribution in [3.63, 3.8) is 0 Å². The van der Waals surface area contributed by atoms with Crippen molar-refractivity contribution in [2.75, 3.05) is 38.3 Å². The van der Waals surface area contributed by atoms with Gasteiger partial charge in [-0.2, -0.15) is 5.10 Å². The maximum Gasteiger partial charge on any atom is 0.410 e. The maximum atomic E-state index is 13.6. The van der Waals surface area contributed by atoms with Crippen LogP contribution in [0.5, 0.6) is 5.75 Å². The first-order valence-corrected chi connectivity index (χ1v) is 18.1. The third-order valence-corrected chi connectivity index (χ3v) is 10.4. The van der Waals surface area contributed by atoms with Gasteiger partial charge in [0.2, 0.25) is 0 Å². The molecule has 4 aromatic rings. The number of benzene rings is 1. The van der Waals surface area contributed by atoms with Crippen molar-refractivity contribution < 1.29 is 19.0 Å². The standard InChI is InChI=1S/C37H50N8O5/c1-25(44-24-32(39-40-44)30-19-29(48-5)20-33-31(30)21-38-45(33)35-13-6-7-17-49-35)42-16-14-27(18-34(42)46)41-15-9-12-28(23-41)43(22-26-10-8-11-26)36(47)50-37(2,3)4/h14,16,18-21,24-26,28,35H,6-13,15,17,22-23H2,1-5H3/t25?,28-,35?/m1/s1. The molecule has 1 amide bonds. The van der Waals surface area contributed by atoms with Gasteiger partial charge in [0.1, 0.15) is 23.2 Å². The Bertz CT molecular complexity index is 1870. The summed E-state index contributed by atoms with van der Waals surface area (Å²) < 4.78 is 22.8. The molecule has 3 aromatic heterocycles. The molecule has 0 spiro atoms. The van der Waals surface area contributed by atoms with E-state index in [0.717, 1.165) is 86.8 Å². The molecule has 50 heavy (non-hydrogen) atoms. The molecular formula is C37H50N8O5. The van der Waals surface area contributed by atoms with Crippen LogP contribution < -0.4 is 15.2 Å². The first-order chi connectivity index (χ1) is 24.1. The quantitative estimate of drug-likeness (QED) is 0.202. The van der Waals surface area contributed by atoms with Gasteiger partial charge in [-0.05, 0) is 90.7 Å². The molecule has 3 fully saturated rings. The number of pyridine rings is 1. The summed E-state index contributed by atoms with van der Waals surface area (Å²) in [6.07, 6.45) is 13.2. The number of carbonyl (C=O) groups is 1. The van der Waals surface area contributed by atoms with Gasteiger partial charge in [0, 0.05) is 61.2 Å². The lowest BCUT2D eigenvalue weighted by Gasteiger charge is -2.43. The molecule has 0 N–H and O–H groups in total. The number of anilines is 1. The van der Waals surface area contributed by atoms with Crippen LogP contribution in [0.25, 0.3) is 22.2 Å². The highest BCUT2D eigenvalue weighted by Crippen LogP contribution is 2.35. The van der Waals surface area contributed by atoms with Gasteiger partial charge in [0.05, 0.1) is 31.1 Å². The van der Waals surface area contributed by atoms with Crippen LogP contribution in [0.4, 0.5) is 10.5 Å². The summed E-state index contributed by atoms with van der Waals surface area (Å²) in [5, 5.41) is 14.6. The van der Waals surface area contributed by atoms with Crippen molar-refractivity contribution in [2.24, 2.45) is 5.92 Å². The summed E-state index contributed by atoms with van der Waals surface area (Å²) in [4.78, 5) is 31.1. The highest BCUT2D eigenvalue weighted by Gasteiger charge is 2.35. The lowest BCUT2D eigenvalue weighted by molar-refractivity contribution is -0.0366. The second-order valence-electron chi connectivity index (χ2n) is 15.0. The number of ether oxygens (including phenoxy) is 3. The van der Waals surface area contributed by atoms with Crippen LogP contribution in [0.1, 0.15) is 91.5 Å². The van der Waals surface area contributed by atoms with Crippen molar-refractivity contribution in [3.8, 4) is 17.0 Å². The number of aromatic nitrogens is 6. The molecule has 0 radical (unpaired) electrons. The van der Waals surface area contributed by atoms with E-state index in [4.69, 9.17) is 19.3 Å². The Morgan fingerprint density at radius 3 is 2.64 bits per heavy atom. The summed E-state index contributed by atoms with van der Waals surface area (Å²) in [7, 11) is 1.65. The Labute approximate surface area is 293 Å². The molecule has 3 aliphatic rings. The summed E-state index contributed by atoms with van der Waals surface area (Å²) in [6, 6.07) is 7.62. The SMILES string of the molecule is COc1cc(-c2cn(C(C)n3ccc(N4CCC[C@@H](N(CC5CCC5)C(=O)OC(C)(C)C)C4)cc3=O)nn2)c2cnn(C3CCCCO3)c2c1. The van der Waals surface area contributed by atoms with Crippen LogP contribution in [-0.2, 0) is 9.47 Å². The van der Waals surface area contributed by atoms with Gasteiger partial charge in [0.15, 0.2) is 6.23 Å². The molecule has 268 valence electrons. The molecule has 2 unspecified atom stereocenters. The van der Waals surface area contributed by atoms with Crippen molar-refractivity contribution in [3.05, 3.63) is 53.2 Å². The maximum absolute atomic E-state index is 13.6. The Kier molecular flexibility index (Phi) is 9.60. The Morgan fingerprint density at radius 1 is 1.10 bits per heavy atom. The number of piperidine rings is 1. The molecule has 13 heteroatoms. The van der Waals surface area contributed by atoms with Gasteiger partial charge in [-0.15, -0.1) is 5.10 Å². The van der Waals surface area contributed by atoms with Gasteiger partial charge in [0.25, 0.3) is 5.56 Å². The average molecular weight is 687 g/mol. The normalized spacial score (nSPS) is 20.8. The van der Waals surface area contributed by atoms with Crippen LogP contribution in [0.2, 0.25) is 0 Å². The third kappa shape index (κ3) is 7.10. The van der Waals surface area contributed by atoms with Crippen molar-refractivity contribution in [1.29, 1.82) is 0 Å². The number of carbonyl (C=O) groups excluding carboxylic acids is 1. The van der Waals surface area contributed by atoms with E-state index in [9.17, 15) is 9.59 Å². The van der Waals surface area contributed by atoms with E-state index in [-0.39, 0.29) is 23.9 Å². The zero-order valence-corrected chi connectivity index (χ0v) is 30.0. The van der Waals surface area contributed by atoms with E-state index in [2.05, 4.69) is 15.2 Å². The van der Waals surface area contributed by atoms with E-state index < -0.39 is 11.8 Å². The second kappa shape index (κ2) is 14.1. The molecule has 7 rings (SSSR count). The van der Waals surface area contributed by atoms with E-state index in [1.807, 2.05) is 74.1 Å². The Balaban J connectivity index is 1.09. The highest BCUT2D eigenvalue weighted by molar-refractivity contribution is 5.95. The van der Waals surface area contributed by atoms with Gasteiger partial charge in [-0.1, -0.05) is 11.6 Å². The van der Waals surface area contributed by atoms with Crippen LogP contribution in [-0.4, -0.2) is 85.3 Å². The topological polar surface area (TPSA) is 122 Å². The molecule has 3 atom stereocenters. The molecule has 1 aliphatic carbocycles. The molecule has 1 saturated carbocycles. The van der Waals surface area contributed by atoms with Crippen LogP contribution in [0.3, 0.4) is 0 Å². The Morgan fingerprint density at radius 2 is 1.94 bits per heavy atom. The predicted molar refractivity (Wildman–Crippen MR) is 190 cm³/mol. The molecule has 5 heterocycles. The third-order valence-electron chi connectivity index (χ3n) is 10.4. The fourth-order valence-corrected chi connectivity index (χ4v) is 7.38. The second-order valence-corrected chi connectivity index (χ2v) is 15.0. The van der Waals surface area contributed by atoms with Crippen molar-refractivity contribution in [1.82, 2.24) is 34.2 Å². The minimum absolute atomic E-state index is 0.0273. The first kappa shape index (κ1) is 34.1. The van der Waals surface area contributed by atoms with Crippen molar-refractivity contribution in [2.45, 2.75) is 103 Å². The number of methoxy groups -OCH3 is 1. The minimum Gasteiger partial charge on any atom is -0.497 e. The minimum atomic E-state index is -0.553. The molecule has 13 nitrogen and oxygen atoms in total. The molecular weight excluding hydrogens is 636 g/mol. The Hall–Kier alpha value is -4.39. The lowest BCUT2D eigenvalue weighted by Crippen LogP contribution is -2.53. The molecule has 2 saturated heterocycles. The van der Waals surface area contributed by atoms with E-state index >= 15 is 0 Å². The summed E-state index contributed by atoms with van der Waals surface area (Å²) >= 11 is 0. The average Bonchev–Trinajstić information content (AvgIpc) is 3.75. The molecule has 2 aliphatic heterocycles. The number of nitrogens with zero attached hydrogens (tertiary/aromatic N) is 8. The highest BCUT2D eigenvalue weighted by atomic mass is 16.6. The van der Waals surface area contributed by atoms with Gasteiger partial charge in [-0.25, -0.2) is 14.2 Å². The predicted octanol–water partition coefficient (Wildman–Crippen LogP) is 6.24. The first-order valence-electron chi connectivity index (χ1n) is 18.1. The molecule has 1 aromatic carbocycles. The molecule has 0 bridgehead atoms. The van der Waals surface area contributed by atoms with Crippen molar-refractivity contribution >= 4 is 22.7 Å². The lowest BCUT2D eigenvalue weighted by atomic mass is 9.84. The zero-order valence-electron chi connectivity index (χ0n) is 30.0. The number of fused-ring (bicyclic) bond motifs is 1. The van der Waals surface area contributed by atoms with Gasteiger partial charge >= 0.3 is 6.09 Å². The van der Waals surface area contributed by atoms with Crippen LogP contribution in [0.15, 0.2) is 47.7 Å². The smallest absolute Gasteiger partial charge is 0.410 e. The van der Waals surface area contributed by atoms with E-state index in [1.165, 1.54) is 6.42 Å². The van der Waals surface area contributed by atoms with Gasteiger partial charge < -0.3 is 24.0 Å². The number of amides is 1. The van der Waals surface area contributed by atoms with Gasteiger partial charge in [-0.3, -0.25) is 9.36 Å². The number of hydrogen-bond acceptors (Lipinski definition) is 9. The van der Waals surface area contributed by atoms with Crippen LogP contribution in [0, 0.1) is 5.92 Å². The number of hydrogen-bond donors (Lipinski definition) is 0. The fourth-order valence-electron chi connectivity index (χ4n) is 7.38. The van der Waals surface area contributed by atoms with E-state index in [0.29, 0.717) is 23.9 Å². The summed E-state index contributed by atoms with van der Waals surface area (Å²) in [5.74, 6) is 1.22. The monoisotopic (exact) mass is 686 g/mol. The van der Waals surface area contributed by atoms with Crippen LogP contribution >= 0.6 is 0 Å². The van der Waals surface area contributed by atoms with E-state index in [1.54, 1.807) is 22.4 Å². The number of rotatable bonds is 9. The fraction of sp³-hybridized carbons (Fsp3) is 0.595. The zero-order chi connectivity index (χ0) is 35.0. The summed E-state index contributed by atoms with van der Waals surface area (Å²) in [5.41, 5.74) is 2.59. The largest absolute Gasteiger partial charge is 0.497 e. The summed E-state index contributed by atoms with van der Waals surface area (Å²) in [6.45, 7) is 10.6.